The summed E-state index contributed by atoms with van der Waals surface area (Å²) in [6.07, 6.45) is -0.776. The molecule has 23 heavy (non-hydrogen) atoms. The third-order valence-electron chi connectivity index (χ3n) is 3.89. The molecule has 0 aliphatic heterocycles. The standard InChI is InChI=1S/C17H22N2O4/c1-10(16-11(2)19-23-12(16)3)17(21)18-9-15(20)13-5-7-14(22-4)8-6-13/h5-8,10,15,20H,9H2,1-4H3,(H,18,21). The Morgan fingerprint density at radius 1 is 1.35 bits per heavy atom. The van der Waals surface area contributed by atoms with Gasteiger partial charge in [0.2, 0.25) is 5.91 Å². The monoisotopic (exact) mass is 318 g/mol. The van der Waals surface area contributed by atoms with Crippen molar-refractivity contribution in [1.29, 1.82) is 0 Å². The number of aryl methyl sites for hydroxylation is 2. The minimum atomic E-state index is -0.776. The average molecular weight is 318 g/mol. The number of hydrogen-bond donors (Lipinski definition) is 2. The largest absolute Gasteiger partial charge is 0.497 e. The molecule has 2 N–H and O–H groups in total. The van der Waals surface area contributed by atoms with Gasteiger partial charge in [0.1, 0.15) is 11.5 Å². The molecule has 2 rings (SSSR count). The fourth-order valence-electron chi connectivity index (χ4n) is 2.53. The topological polar surface area (TPSA) is 84.6 Å². The zero-order valence-corrected chi connectivity index (χ0v) is 13.8. The van der Waals surface area contributed by atoms with Crippen molar-refractivity contribution in [2.24, 2.45) is 0 Å². The van der Waals surface area contributed by atoms with E-state index in [4.69, 9.17) is 9.26 Å². The van der Waals surface area contributed by atoms with Gasteiger partial charge in [-0.1, -0.05) is 17.3 Å². The van der Waals surface area contributed by atoms with Crippen molar-refractivity contribution in [2.75, 3.05) is 13.7 Å². The molecule has 2 atom stereocenters. The van der Waals surface area contributed by atoms with Crippen LogP contribution in [0, 0.1) is 13.8 Å². The predicted octanol–water partition coefficient (Wildman–Crippen LogP) is 2.25. The lowest BCUT2D eigenvalue weighted by Crippen LogP contribution is -2.32. The molecule has 0 saturated heterocycles. The summed E-state index contributed by atoms with van der Waals surface area (Å²) in [5.74, 6) is 0.800. The van der Waals surface area contributed by atoms with E-state index in [-0.39, 0.29) is 18.4 Å². The van der Waals surface area contributed by atoms with Gasteiger partial charge in [0.25, 0.3) is 0 Å². The molecule has 2 aromatic rings. The Labute approximate surface area is 135 Å². The second-order valence-corrected chi connectivity index (χ2v) is 5.49. The van der Waals surface area contributed by atoms with Crippen LogP contribution in [-0.2, 0) is 4.79 Å². The van der Waals surface area contributed by atoms with Crippen LogP contribution in [0.1, 0.15) is 41.5 Å². The normalized spacial score (nSPS) is 13.4. The molecular formula is C17H22N2O4. The smallest absolute Gasteiger partial charge is 0.227 e. The van der Waals surface area contributed by atoms with Crippen LogP contribution in [0.4, 0.5) is 0 Å². The van der Waals surface area contributed by atoms with E-state index >= 15 is 0 Å². The summed E-state index contributed by atoms with van der Waals surface area (Å²) in [6.45, 7) is 5.52. The van der Waals surface area contributed by atoms with E-state index in [0.29, 0.717) is 11.5 Å². The van der Waals surface area contributed by atoms with Crippen molar-refractivity contribution < 1.29 is 19.2 Å². The Bertz CT molecular complexity index is 644. The minimum Gasteiger partial charge on any atom is -0.497 e. The molecule has 124 valence electrons. The van der Waals surface area contributed by atoms with Crippen LogP contribution in [0.3, 0.4) is 0 Å². The lowest BCUT2D eigenvalue weighted by molar-refractivity contribution is -0.122. The number of amides is 1. The van der Waals surface area contributed by atoms with Crippen molar-refractivity contribution in [2.45, 2.75) is 32.8 Å². The fourth-order valence-corrected chi connectivity index (χ4v) is 2.53. The van der Waals surface area contributed by atoms with E-state index in [2.05, 4.69) is 10.5 Å². The second kappa shape index (κ2) is 7.28. The van der Waals surface area contributed by atoms with Crippen LogP contribution in [-0.4, -0.2) is 29.8 Å². The molecule has 1 aromatic heterocycles. The second-order valence-electron chi connectivity index (χ2n) is 5.49. The number of aliphatic hydroxyl groups is 1. The number of aliphatic hydroxyl groups excluding tert-OH is 1. The molecule has 0 fully saturated rings. The van der Waals surface area contributed by atoms with Gasteiger partial charge < -0.3 is 19.7 Å². The first kappa shape index (κ1) is 17.0. The lowest BCUT2D eigenvalue weighted by Gasteiger charge is -2.16. The lowest BCUT2D eigenvalue weighted by atomic mass is 9.98. The average Bonchev–Trinajstić information content (AvgIpc) is 2.90. The SMILES string of the molecule is COc1ccc(C(O)CNC(=O)C(C)c2c(C)noc2C)cc1. The summed E-state index contributed by atoms with van der Waals surface area (Å²) in [7, 11) is 1.59. The summed E-state index contributed by atoms with van der Waals surface area (Å²) in [4.78, 5) is 12.3. The number of carbonyl (C=O) groups excluding carboxylic acids is 1. The number of aromatic nitrogens is 1. The molecule has 0 saturated carbocycles. The van der Waals surface area contributed by atoms with Gasteiger partial charge in [-0.25, -0.2) is 0 Å². The molecular weight excluding hydrogens is 296 g/mol. The third-order valence-corrected chi connectivity index (χ3v) is 3.89. The predicted molar refractivity (Wildman–Crippen MR) is 85.4 cm³/mol. The van der Waals surface area contributed by atoms with Gasteiger partial charge in [-0.2, -0.15) is 0 Å². The molecule has 0 spiro atoms. The van der Waals surface area contributed by atoms with Gasteiger partial charge >= 0.3 is 0 Å². The zero-order valence-electron chi connectivity index (χ0n) is 13.8. The molecule has 1 amide bonds. The molecule has 0 bridgehead atoms. The molecule has 6 heteroatoms. The van der Waals surface area contributed by atoms with Crippen LogP contribution < -0.4 is 10.1 Å². The molecule has 6 nitrogen and oxygen atoms in total. The molecule has 1 heterocycles. The Balaban J connectivity index is 1.95. The quantitative estimate of drug-likeness (QED) is 0.853. The third kappa shape index (κ3) is 3.90. The Morgan fingerprint density at radius 3 is 2.52 bits per heavy atom. The Kier molecular flexibility index (Phi) is 5.39. The van der Waals surface area contributed by atoms with Crippen LogP contribution in [0.15, 0.2) is 28.8 Å². The van der Waals surface area contributed by atoms with E-state index in [1.807, 2.05) is 6.92 Å². The number of hydrogen-bond acceptors (Lipinski definition) is 5. The molecule has 2 unspecified atom stereocenters. The van der Waals surface area contributed by atoms with Crippen LogP contribution in [0.2, 0.25) is 0 Å². The van der Waals surface area contributed by atoms with Gasteiger partial charge in [0.05, 0.1) is 24.8 Å². The first-order chi connectivity index (χ1) is 10.9. The van der Waals surface area contributed by atoms with Crippen molar-refractivity contribution in [3.8, 4) is 5.75 Å². The van der Waals surface area contributed by atoms with Crippen molar-refractivity contribution in [1.82, 2.24) is 10.5 Å². The minimum absolute atomic E-state index is 0.138. The van der Waals surface area contributed by atoms with Crippen molar-refractivity contribution >= 4 is 5.91 Å². The first-order valence-electron chi connectivity index (χ1n) is 7.46. The highest BCUT2D eigenvalue weighted by Crippen LogP contribution is 2.23. The number of ether oxygens (including phenoxy) is 1. The van der Waals surface area contributed by atoms with E-state index in [1.165, 1.54) is 0 Å². The molecule has 0 aliphatic rings. The van der Waals surface area contributed by atoms with E-state index < -0.39 is 6.10 Å². The summed E-state index contributed by atoms with van der Waals surface area (Å²) in [6, 6.07) is 7.08. The van der Waals surface area contributed by atoms with E-state index in [1.54, 1.807) is 45.2 Å². The van der Waals surface area contributed by atoms with Crippen LogP contribution in [0.5, 0.6) is 5.75 Å². The fraction of sp³-hybridized carbons (Fsp3) is 0.412. The van der Waals surface area contributed by atoms with Gasteiger partial charge in [0, 0.05) is 12.1 Å². The van der Waals surface area contributed by atoms with Gasteiger partial charge in [0.15, 0.2) is 0 Å². The Hall–Kier alpha value is -2.34. The van der Waals surface area contributed by atoms with Gasteiger partial charge in [-0.05, 0) is 38.5 Å². The van der Waals surface area contributed by atoms with E-state index in [0.717, 1.165) is 16.9 Å². The van der Waals surface area contributed by atoms with Crippen LogP contribution >= 0.6 is 0 Å². The first-order valence-corrected chi connectivity index (χ1v) is 7.46. The number of benzene rings is 1. The number of methoxy groups -OCH3 is 1. The van der Waals surface area contributed by atoms with Crippen LogP contribution in [0.25, 0.3) is 0 Å². The van der Waals surface area contributed by atoms with Crippen molar-refractivity contribution in [3.63, 3.8) is 0 Å². The number of nitrogens with one attached hydrogen (secondary N) is 1. The highest BCUT2D eigenvalue weighted by molar-refractivity contribution is 5.83. The van der Waals surface area contributed by atoms with Crippen molar-refractivity contribution in [3.05, 3.63) is 46.8 Å². The summed E-state index contributed by atoms with van der Waals surface area (Å²) < 4.78 is 10.2. The van der Waals surface area contributed by atoms with Gasteiger partial charge in [-0.15, -0.1) is 0 Å². The highest BCUT2D eigenvalue weighted by Gasteiger charge is 2.23. The Morgan fingerprint density at radius 2 is 2.00 bits per heavy atom. The molecule has 0 aliphatic carbocycles. The maximum absolute atomic E-state index is 12.3. The van der Waals surface area contributed by atoms with E-state index in [9.17, 15) is 9.90 Å². The number of nitrogens with zero attached hydrogens (tertiary/aromatic N) is 1. The molecule has 0 radical (unpaired) electrons. The highest BCUT2D eigenvalue weighted by atomic mass is 16.5. The number of carbonyl (C=O) groups is 1. The molecule has 1 aromatic carbocycles. The number of rotatable bonds is 6. The summed E-state index contributed by atoms with van der Waals surface area (Å²) in [5, 5.41) is 16.8. The maximum atomic E-state index is 12.3. The van der Waals surface area contributed by atoms with Gasteiger partial charge in [-0.3, -0.25) is 4.79 Å². The summed E-state index contributed by atoms with van der Waals surface area (Å²) in [5.41, 5.74) is 2.22. The maximum Gasteiger partial charge on any atom is 0.227 e. The summed E-state index contributed by atoms with van der Waals surface area (Å²) >= 11 is 0. The zero-order chi connectivity index (χ0) is 17.0.